The Balaban J connectivity index is 1.34. The van der Waals surface area contributed by atoms with Crippen molar-refractivity contribution >= 4 is 5.91 Å². The lowest BCUT2D eigenvalue weighted by atomic mass is 10.1. The standard InChI is InChI=1S/C21H25FN2O2/c22-20-11-5-4-7-18(20)8-6-12-23-13-15-24(16-14-23)21(25)17-26-19-9-2-1-3-10-19/h1-5,7,9-11H,6,8,12-17H2. The molecule has 0 atom stereocenters. The Bertz CT molecular complexity index is 700. The van der Waals surface area contributed by atoms with Gasteiger partial charge in [0.1, 0.15) is 11.6 Å². The third kappa shape index (κ3) is 5.30. The van der Waals surface area contributed by atoms with E-state index in [1.54, 1.807) is 6.07 Å². The molecule has 0 spiro atoms. The number of rotatable bonds is 7. The molecule has 26 heavy (non-hydrogen) atoms. The second-order valence-corrected chi connectivity index (χ2v) is 6.52. The number of benzene rings is 2. The Kier molecular flexibility index (Phi) is 6.61. The molecule has 0 saturated carbocycles. The van der Waals surface area contributed by atoms with Gasteiger partial charge in [-0.1, -0.05) is 36.4 Å². The first-order valence-electron chi connectivity index (χ1n) is 9.14. The highest BCUT2D eigenvalue weighted by Gasteiger charge is 2.21. The minimum atomic E-state index is -0.124. The van der Waals surface area contributed by atoms with E-state index in [1.165, 1.54) is 6.07 Å². The van der Waals surface area contributed by atoms with Gasteiger partial charge in [-0.05, 0) is 43.1 Å². The summed E-state index contributed by atoms with van der Waals surface area (Å²) in [6, 6.07) is 16.3. The predicted octanol–water partition coefficient (Wildman–Crippen LogP) is 2.98. The zero-order valence-corrected chi connectivity index (χ0v) is 14.9. The summed E-state index contributed by atoms with van der Waals surface area (Å²) in [7, 11) is 0. The summed E-state index contributed by atoms with van der Waals surface area (Å²) in [5, 5.41) is 0. The van der Waals surface area contributed by atoms with Gasteiger partial charge in [-0.15, -0.1) is 0 Å². The molecule has 0 aromatic heterocycles. The van der Waals surface area contributed by atoms with Crippen molar-refractivity contribution < 1.29 is 13.9 Å². The Hall–Kier alpha value is -2.40. The van der Waals surface area contributed by atoms with Gasteiger partial charge in [0.05, 0.1) is 0 Å². The van der Waals surface area contributed by atoms with Gasteiger partial charge in [-0.3, -0.25) is 9.69 Å². The first-order chi connectivity index (χ1) is 12.7. The van der Waals surface area contributed by atoms with Crippen LogP contribution in [0.1, 0.15) is 12.0 Å². The molecule has 0 bridgehead atoms. The highest BCUT2D eigenvalue weighted by molar-refractivity contribution is 5.77. The van der Waals surface area contributed by atoms with Crippen LogP contribution < -0.4 is 4.74 Å². The molecule has 1 heterocycles. The molecule has 0 unspecified atom stereocenters. The van der Waals surface area contributed by atoms with Crippen LogP contribution in [-0.4, -0.2) is 55.0 Å². The van der Waals surface area contributed by atoms with Crippen LogP contribution >= 0.6 is 0 Å². The summed E-state index contributed by atoms with van der Waals surface area (Å²) in [5.74, 6) is 0.619. The van der Waals surface area contributed by atoms with Gasteiger partial charge in [-0.2, -0.15) is 0 Å². The van der Waals surface area contributed by atoms with Gasteiger partial charge in [-0.25, -0.2) is 4.39 Å². The zero-order valence-electron chi connectivity index (χ0n) is 14.9. The third-order valence-corrected chi connectivity index (χ3v) is 4.71. The zero-order chi connectivity index (χ0) is 18.2. The fraction of sp³-hybridized carbons (Fsp3) is 0.381. The predicted molar refractivity (Wildman–Crippen MR) is 99.7 cm³/mol. The number of ether oxygens (including phenoxy) is 1. The second-order valence-electron chi connectivity index (χ2n) is 6.52. The average molecular weight is 356 g/mol. The Morgan fingerprint density at radius 1 is 0.962 bits per heavy atom. The second kappa shape index (κ2) is 9.34. The van der Waals surface area contributed by atoms with E-state index >= 15 is 0 Å². The van der Waals surface area contributed by atoms with E-state index < -0.39 is 0 Å². The van der Waals surface area contributed by atoms with E-state index in [4.69, 9.17) is 4.74 Å². The van der Waals surface area contributed by atoms with Gasteiger partial charge in [0.2, 0.25) is 0 Å². The van der Waals surface area contributed by atoms with Gasteiger partial charge < -0.3 is 9.64 Å². The summed E-state index contributed by atoms with van der Waals surface area (Å²) < 4.78 is 19.2. The monoisotopic (exact) mass is 356 g/mol. The molecule has 0 aliphatic carbocycles. The van der Waals surface area contributed by atoms with Crippen LogP contribution in [0.4, 0.5) is 4.39 Å². The van der Waals surface area contributed by atoms with Gasteiger partial charge >= 0.3 is 0 Å². The van der Waals surface area contributed by atoms with Crippen LogP contribution in [0.25, 0.3) is 0 Å². The number of para-hydroxylation sites is 1. The van der Waals surface area contributed by atoms with Crippen LogP contribution in [0.2, 0.25) is 0 Å². The van der Waals surface area contributed by atoms with E-state index in [1.807, 2.05) is 47.4 Å². The molecular formula is C21H25FN2O2. The third-order valence-electron chi connectivity index (χ3n) is 4.71. The largest absolute Gasteiger partial charge is 0.484 e. The number of nitrogens with zero attached hydrogens (tertiary/aromatic N) is 2. The number of amides is 1. The Labute approximate surface area is 154 Å². The summed E-state index contributed by atoms with van der Waals surface area (Å²) in [4.78, 5) is 16.4. The lowest BCUT2D eigenvalue weighted by Gasteiger charge is -2.34. The van der Waals surface area contributed by atoms with Crippen LogP contribution in [-0.2, 0) is 11.2 Å². The van der Waals surface area contributed by atoms with Gasteiger partial charge in [0, 0.05) is 26.2 Å². The number of carbonyl (C=O) groups excluding carboxylic acids is 1. The van der Waals surface area contributed by atoms with Crippen LogP contribution in [0.5, 0.6) is 5.75 Å². The molecule has 2 aromatic rings. The van der Waals surface area contributed by atoms with E-state index in [9.17, 15) is 9.18 Å². The Morgan fingerprint density at radius 3 is 2.38 bits per heavy atom. The first kappa shape index (κ1) is 18.4. The smallest absolute Gasteiger partial charge is 0.260 e. The topological polar surface area (TPSA) is 32.8 Å². The fourth-order valence-electron chi connectivity index (χ4n) is 3.17. The van der Waals surface area contributed by atoms with E-state index in [0.717, 1.165) is 51.1 Å². The summed E-state index contributed by atoms with van der Waals surface area (Å²) >= 11 is 0. The quantitative estimate of drug-likeness (QED) is 0.765. The van der Waals surface area contributed by atoms with Crippen LogP contribution in [0.3, 0.4) is 0 Å². The molecule has 1 amide bonds. The van der Waals surface area contributed by atoms with Gasteiger partial charge in [0.25, 0.3) is 5.91 Å². The fourth-order valence-corrected chi connectivity index (χ4v) is 3.17. The van der Waals surface area contributed by atoms with E-state index in [2.05, 4.69) is 4.90 Å². The van der Waals surface area contributed by atoms with Crippen molar-refractivity contribution in [3.63, 3.8) is 0 Å². The highest BCUT2D eigenvalue weighted by atomic mass is 19.1. The molecular weight excluding hydrogens is 331 g/mol. The lowest BCUT2D eigenvalue weighted by Crippen LogP contribution is -2.50. The van der Waals surface area contributed by atoms with Crippen molar-refractivity contribution in [3.05, 3.63) is 66.0 Å². The number of aryl methyl sites for hydroxylation is 1. The number of hydrogen-bond donors (Lipinski definition) is 0. The maximum absolute atomic E-state index is 13.6. The number of carbonyl (C=O) groups is 1. The average Bonchev–Trinajstić information content (AvgIpc) is 2.69. The van der Waals surface area contributed by atoms with Crippen molar-refractivity contribution in [2.45, 2.75) is 12.8 Å². The first-order valence-corrected chi connectivity index (χ1v) is 9.14. The van der Waals surface area contributed by atoms with Crippen LogP contribution in [0.15, 0.2) is 54.6 Å². The Morgan fingerprint density at radius 2 is 1.65 bits per heavy atom. The van der Waals surface area contributed by atoms with E-state index in [-0.39, 0.29) is 18.3 Å². The van der Waals surface area contributed by atoms with Crippen LogP contribution in [0, 0.1) is 5.82 Å². The highest BCUT2D eigenvalue weighted by Crippen LogP contribution is 2.11. The van der Waals surface area contributed by atoms with Crippen molar-refractivity contribution in [1.82, 2.24) is 9.80 Å². The molecule has 5 heteroatoms. The lowest BCUT2D eigenvalue weighted by molar-refractivity contribution is -0.135. The maximum atomic E-state index is 13.6. The summed E-state index contributed by atoms with van der Waals surface area (Å²) in [5.41, 5.74) is 0.777. The SMILES string of the molecule is O=C(COc1ccccc1)N1CCN(CCCc2ccccc2F)CC1. The summed E-state index contributed by atoms with van der Waals surface area (Å²) in [6.45, 7) is 4.16. The maximum Gasteiger partial charge on any atom is 0.260 e. The molecule has 1 saturated heterocycles. The minimum Gasteiger partial charge on any atom is -0.484 e. The number of halogens is 1. The molecule has 2 aromatic carbocycles. The van der Waals surface area contributed by atoms with E-state index in [0.29, 0.717) is 5.75 Å². The molecule has 1 fully saturated rings. The molecule has 1 aliphatic rings. The van der Waals surface area contributed by atoms with Crippen molar-refractivity contribution in [3.8, 4) is 5.75 Å². The summed E-state index contributed by atoms with van der Waals surface area (Å²) in [6.07, 6.45) is 1.67. The minimum absolute atomic E-state index is 0.0276. The molecule has 0 N–H and O–H groups in total. The van der Waals surface area contributed by atoms with Crippen molar-refractivity contribution in [2.75, 3.05) is 39.3 Å². The number of hydrogen-bond acceptors (Lipinski definition) is 3. The van der Waals surface area contributed by atoms with Crippen molar-refractivity contribution in [1.29, 1.82) is 0 Å². The van der Waals surface area contributed by atoms with Gasteiger partial charge in [0.15, 0.2) is 6.61 Å². The molecule has 4 nitrogen and oxygen atoms in total. The molecule has 0 radical (unpaired) electrons. The molecule has 3 rings (SSSR count). The number of piperazine rings is 1. The van der Waals surface area contributed by atoms with Crippen molar-refractivity contribution in [2.24, 2.45) is 0 Å². The molecule has 1 aliphatic heterocycles. The molecule has 138 valence electrons. The normalized spacial score (nSPS) is 15.0.